The molecule has 0 saturated heterocycles. The maximum absolute atomic E-state index is 5.04. The molecule has 2 aromatic heterocycles. The molecule has 0 fully saturated rings. The molecule has 1 N–H and O–H groups in total. The van der Waals surface area contributed by atoms with Gasteiger partial charge in [-0.05, 0) is 35.3 Å². The minimum Gasteiger partial charge on any atom is -0.385 e. The molecule has 0 unspecified atom stereocenters. The molecule has 0 aromatic carbocycles. The molecule has 0 aliphatic carbocycles. The number of hydrogen-bond donors (Lipinski definition) is 1. The first-order chi connectivity index (χ1) is 9.19. The number of aromatic nitrogens is 2. The molecule has 0 radical (unpaired) electrons. The molecule has 0 amide bonds. The van der Waals surface area contributed by atoms with E-state index in [9.17, 15) is 0 Å². The van der Waals surface area contributed by atoms with E-state index < -0.39 is 0 Å². The van der Waals surface area contributed by atoms with Gasteiger partial charge in [-0.15, -0.1) is 11.3 Å². The lowest BCUT2D eigenvalue weighted by Gasteiger charge is -2.08. The van der Waals surface area contributed by atoms with Crippen LogP contribution in [0.3, 0.4) is 0 Å². The first-order valence-electron chi connectivity index (χ1n) is 6.18. The summed E-state index contributed by atoms with van der Waals surface area (Å²) < 4.78 is 8.33. The number of halogens is 1. The van der Waals surface area contributed by atoms with E-state index in [4.69, 9.17) is 4.74 Å². The number of rotatable bonds is 7. The monoisotopic (exact) mass is 343 g/mol. The fourth-order valence-corrected chi connectivity index (χ4v) is 3.28. The van der Waals surface area contributed by atoms with E-state index in [1.165, 1.54) is 4.88 Å². The van der Waals surface area contributed by atoms with Crippen LogP contribution >= 0.6 is 27.3 Å². The lowest BCUT2D eigenvalue weighted by atomic mass is 10.4. The lowest BCUT2D eigenvalue weighted by molar-refractivity contribution is 0.197. The number of ether oxygens (including phenoxy) is 1. The highest BCUT2D eigenvalue weighted by molar-refractivity contribution is 9.10. The Bertz CT molecular complexity index is 524. The van der Waals surface area contributed by atoms with Crippen LogP contribution in [0.1, 0.15) is 17.0 Å². The number of thiophene rings is 1. The van der Waals surface area contributed by atoms with E-state index >= 15 is 0 Å². The molecule has 104 valence electrons. The zero-order chi connectivity index (χ0) is 13.7. The van der Waals surface area contributed by atoms with Gasteiger partial charge in [0.05, 0.1) is 12.2 Å². The van der Waals surface area contributed by atoms with Crippen molar-refractivity contribution in [3.63, 3.8) is 0 Å². The van der Waals surface area contributed by atoms with Crippen LogP contribution in [-0.4, -0.2) is 29.8 Å². The Kier molecular flexibility index (Phi) is 5.42. The van der Waals surface area contributed by atoms with Crippen LogP contribution in [0.5, 0.6) is 0 Å². The van der Waals surface area contributed by atoms with E-state index in [0.717, 1.165) is 42.2 Å². The molecular formula is C13H18BrN3OS. The predicted octanol–water partition coefficient (Wildman–Crippen LogP) is 3.51. The van der Waals surface area contributed by atoms with E-state index in [2.05, 4.69) is 48.4 Å². The lowest BCUT2D eigenvalue weighted by Crippen LogP contribution is -2.10. The average molecular weight is 344 g/mol. The Morgan fingerprint density at radius 1 is 1.53 bits per heavy atom. The van der Waals surface area contributed by atoms with E-state index in [0.29, 0.717) is 0 Å². The normalized spacial score (nSPS) is 10.9. The molecule has 2 rings (SSSR count). The summed E-state index contributed by atoms with van der Waals surface area (Å²) in [5, 5.41) is 5.46. The molecule has 2 heterocycles. The fraction of sp³-hybridized carbons (Fsp3) is 0.462. The summed E-state index contributed by atoms with van der Waals surface area (Å²) in [6.45, 7) is 4.51. The summed E-state index contributed by atoms with van der Waals surface area (Å²) >= 11 is 5.24. The Hall–Kier alpha value is -0.850. The van der Waals surface area contributed by atoms with E-state index in [-0.39, 0.29) is 0 Å². The Morgan fingerprint density at radius 3 is 3.05 bits per heavy atom. The zero-order valence-corrected chi connectivity index (χ0v) is 13.6. The zero-order valence-electron chi connectivity index (χ0n) is 11.1. The second kappa shape index (κ2) is 7.07. The minimum atomic E-state index is 0.768. The third kappa shape index (κ3) is 4.33. The molecule has 0 spiro atoms. The maximum atomic E-state index is 5.04. The van der Waals surface area contributed by atoms with Gasteiger partial charge >= 0.3 is 0 Å². The summed E-state index contributed by atoms with van der Waals surface area (Å²) in [6, 6.07) is 2.15. The Labute approximate surface area is 125 Å². The molecule has 4 nitrogen and oxygen atoms in total. The van der Waals surface area contributed by atoms with Crippen molar-refractivity contribution in [2.45, 2.75) is 19.9 Å². The van der Waals surface area contributed by atoms with Crippen LogP contribution in [0.25, 0.3) is 0 Å². The van der Waals surface area contributed by atoms with Crippen LogP contribution in [0.15, 0.2) is 22.1 Å². The molecular weight excluding hydrogens is 326 g/mol. The van der Waals surface area contributed by atoms with Crippen molar-refractivity contribution in [1.82, 2.24) is 9.55 Å². The number of imidazole rings is 1. The van der Waals surface area contributed by atoms with Gasteiger partial charge in [0.2, 0.25) is 5.95 Å². The number of nitrogens with zero attached hydrogens (tertiary/aromatic N) is 2. The predicted molar refractivity (Wildman–Crippen MR) is 83.1 cm³/mol. The van der Waals surface area contributed by atoms with Crippen LogP contribution < -0.4 is 5.32 Å². The first-order valence-corrected chi connectivity index (χ1v) is 7.86. The quantitative estimate of drug-likeness (QED) is 0.782. The number of hydrogen-bond acceptors (Lipinski definition) is 4. The van der Waals surface area contributed by atoms with E-state index in [1.807, 2.05) is 6.92 Å². The van der Waals surface area contributed by atoms with Crippen molar-refractivity contribution in [3.05, 3.63) is 32.7 Å². The number of nitrogens with one attached hydrogen (secondary N) is 1. The molecule has 0 aliphatic heterocycles. The van der Waals surface area contributed by atoms with Crippen LogP contribution in [0.2, 0.25) is 0 Å². The van der Waals surface area contributed by atoms with Crippen molar-refractivity contribution < 1.29 is 4.74 Å². The average Bonchev–Trinajstić information content (AvgIpc) is 2.92. The highest BCUT2D eigenvalue weighted by atomic mass is 79.9. The number of aryl methyl sites for hydroxylation is 1. The van der Waals surface area contributed by atoms with Crippen molar-refractivity contribution in [1.29, 1.82) is 0 Å². The third-order valence-corrected chi connectivity index (χ3v) is 4.34. The topological polar surface area (TPSA) is 39.1 Å². The van der Waals surface area contributed by atoms with Crippen molar-refractivity contribution in [3.8, 4) is 0 Å². The molecule has 2 aromatic rings. The van der Waals surface area contributed by atoms with Gasteiger partial charge < -0.3 is 14.6 Å². The van der Waals surface area contributed by atoms with Crippen LogP contribution in [0, 0.1) is 6.92 Å². The molecule has 0 atom stereocenters. The van der Waals surface area contributed by atoms with Crippen molar-refractivity contribution >= 4 is 33.2 Å². The van der Waals surface area contributed by atoms with Gasteiger partial charge in [-0.3, -0.25) is 0 Å². The standard InChI is InChI=1S/C13H18BrN3OS/c1-10-7-17(8-12-6-11(14)9-19-12)13(16-10)15-4-3-5-18-2/h6-7,9H,3-5,8H2,1-2H3,(H,15,16). The van der Waals surface area contributed by atoms with E-state index in [1.54, 1.807) is 18.4 Å². The van der Waals surface area contributed by atoms with Gasteiger partial charge in [0.25, 0.3) is 0 Å². The van der Waals surface area contributed by atoms with Crippen LogP contribution in [-0.2, 0) is 11.3 Å². The number of anilines is 1. The first kappa shape index (κ1) is 14.6. The molecule has 0 saturated carbocycles. The second-order valence-corrected chi connectivity index (χ2v) is 6.25. The summed E-state index contributed by atoms with van der Waals surface area (Å²) in [6.07, 6.45) is 3.05. The van der Waals surface area contributed by atoms with Gasteiger partial charge in [0.1, 0.15) is 0 Å². The molecule has 0 aliphatic rings. The maximum Gasteiger partial charge on any atom is 0.203 e. The number of methoxy groups -OCH3 is 1. The van der Waals surface area contributed by atoms with Gasteiger partial charge in [-0.1, -0.05) is 0 Å². The van der Waals surface area contributed by atoms with Crippen molar-refractivity contribution in [2.75, 3.05) is 25.6 Å². The summed E-state index contributed by atoms with van der Waals surface area (Å²) in [5.41, 5.74) is 1.03. The van der Waals surface area contributed by atoms with Gasteiger partial charge in [-0.2, -0.15) is 0 Å². The minimum absolute atomic E-state index is 0.768. The second-order valence-electron chi connectivity index (χ2n) is 4.34. The molecule has 0 bridgehead atoms. The fourth-order valence-electron chi connectivity index (χ4n) is 1.83. The third-order valence-electron chi connectivity index (χ3n) is 2.65. The summed E-state index contributed by atoms with van der Waals surface area (Å²) in [5.74, 6) is 0.929. The summed E-state index contributed by atoms with van der Waals surface area (Å²) in [4.78, 5) is 5.82. The Morgan fingerprint density at radius 2 is 2.37 bits per heavy atom. The largest absolute Gasteiger partial charge is 0.385 e. The van der Waals surface area contributed by atoms with Gasteiger partial charge in [0, 0.05) is 41.2 Å². The smallest absolute Gasteiger partial charge is 0.203 e. The molecule has 6 heteroatoms. The highest BCUT2D eigenvalue weighted by Gasteiger charge is 2.07. The SMILES string of the molecule is COCCCNc1nc(C)cn1Cc1cc(Br)cs1. The highest BCUT2D eigenvalue weighted by Crippen LogP contribution is 2.22. The summed E-state index contributed by atoms with van der Waals surface area (Å²) in [7, 11) is 1.72. The van der Waals surface area contributed by atoms with Gasteiger partial charge in [0.15, 0.2) is 0 Å². The van der Waals surface area contributed by atoms with Crippen molar-refractivity contribution in [2.24, 2.45) is 0 Å². The van der Waals surface area contributed by atoms with Gasteiger partial charge in [-0.25, -0.2) is 4.98 Å². The van der Waals surface area contributed by atoms with Crippen LogP contribution in [0.4, 0.5) is 5.95 Å². The Balaban J connectivity index is 1.99. The molecule has 19 heavy (non-hydrogen) atoms.